The van der Waals surface area contributed by atoms with Crippen molar-refractivity contribution >= 4 is 49.6 Å². The van der Waals surface area contributed by atoms with E-state index >= 15 is 0 Å². The third-order valence-electron chi connectivity index (χ3n) is 9.09. The van der Waals surface area contributed by atoms with Crippen LogP contribution in [-0.4, -0.2) is 9.55 Å². The van der Waals surface area contributed by atoms with Crippen molar-refractivity contribution in [3.05, 3.63) is 138 Å². The van der Waals surface area contributed by atoms with Gasteiger partial charge in [0.15, 0.2) is 0 Å². The molecule has 1 aliphatic rings. The molecule has 0 bridgehead atoms. The van der Waals surface area contributed by atoms with E-state index < -0.39 is 11.7 Å². The molecular formula is C40H25F3N2O. The second kappa shape index (κ2) is 9.94. The topological polar surface area (TPSA) is 31.0 Å². The molecule has 0 saturated heterocycles. The Morgan fingerprint density at radius 3 is 2.04 bits per heavy atom. The zero-order valence-electron chi connectivity index (χ0n) is 24.5. The Morgan fingerprint density at radius 1 is 0.652 bits per heavy atom. The molecule has 0 unspecified atom stereocenters. The first-order chi connectivity index (χ1) is 22.5. The number of alkyl halides is 3. The summed E-state index contributed by atoms with van der Waals surface area (Å²) in [5.41, 5.74) is 6.48. The summed E-state index contributed by atoms with van der Waals surface area (Å²) in [4.78, 5) is 5.22. The summed E-state index contributed by atoms with van der Waals surface area (Å²) in [6, 6.07) is 36.0. The number of para-hydroxylation sites is 1. The quantitative estimate of drug-likeness (QED) is 0.187. The summed E-state index contributed by atoms with van der Waals surface area (Å²) in [5.74, 6) is 1.67. The van der Waals surface area contributed by atoms with Crippen molar-refractivity contribution in [2.75, 3.05) is 0 Å². The molecule has 1 aliphatic carbocycles. The number of halogens is 3. The van der Waals surface area contributed by atoms with Crippen LogP contribution in [0.5, 0.6) is 0 Å². The van der Waals surface area contributed by atoms with Crippen molar-refractivity contribution in [3.8, 4) is 28.2 Å². The maximum absolute atomic E-state index is 13.6. The molecule has 0 amide bonds. The van der Waals surface area contributed by atoms with Crippen molar-refractivity contribution in [2.45, 2.75) is 19.0 Å². The lowest BCUT2D eigenvalue weighted by atomic mass is 9.98. The van der Waals surface area contributed by atoms with Gasteiger partial charge in [0.2, 0.25) is 0 Å². The first-order valence-corrected chi connectivity index (χ1v) is 15.3. The van der Waals surface area contributed by atoms with Gasteiger partial charge in [-0.25, -0.2) is 4.98 Å². The van der Waals surface area contributed by atoms with E-state index in [0.717, 1.165) is 96.5 Å². The van der Waals surface area contributed by atoms with E-state index in [-0.39, 0.29) is 0 Å². The molecule has 3 nitrogen and oxygen atoms in total. The third kappa shape index (κ3) is 4.03. The normalized spacial score (nSPS) is 13.3. The largest absolute Gasteiger partial charge is 0.460 e. The Labute approximate surface area is 261 Å². The SMILES string of the molecule is FC(F)(F)c1ccc(-n2c(-c3ccc(-c4cccc5c6c(oc45)CCC=C6)cc3)nc3c4ccccc4c4ccccc4c32)cc1. The van der Waals surface area contributed by atoms with Gasteiger partial charge in [-0.1, -0.05) is 103 Å². The van der Waals surface area contributed by atoms with Crippen molar-refractivity contribution in [3.63, 3.8) is 0 Å². The van der Waals surface area contributed by atoms with E-state index in [4.69, 9.17) is 9.40 Å². The summed E-state index contributed by atoms with van der Waals surface area (Å²) in [7, 11) is 0. The number of aryl methyl sites for hydroxylation is 1. The van der Waals surface area contributed by atoms with Gasteiger partial charge in [-0.15, -0.1) is 0 Å². The highest BCUT2D eigenvalue weighted by atomic mass is 19.4. The molecule has 0 saturated carbocycles. The van der Waals surface area contributed by atoms with E-state index in [1.54, 1.807) is 0 Å². The van der Waals surface area contributed by atoms with Crippen LogP contribution in [0.25, 0.3) is 77.8 Å². The van der Waals surface area contributed by atoms with Crippen molar-refractivity contribution < 1.29 is 17.6 Å². The second-order valence-electron chi connectivity index (χ2n) is 11.7. The summed E-state index contributed by atoms with van der Waals surface area (Å²) in [5, 5.41) is 5.21. The molecule has 8 aromatic rings. The van der Waals surface area contributed by atoms with Crippen LogP contribution in [0.1, 0.15) is 23.3 Å². The minimum Gasteiger partial charge on any atom is -0.460 e. The average molecular weight is 607 g/mol. The number of fused-ring (bicyclic) bond motifs is 9. The highest BCUT2D eigenvalue weighted by Crippen LogP contribution is 2.41. The second-order valence-corrected chi connectivity index (χ2v) is 11.7. The molecule has 0 fully saturated rings. The van der Waals surface area contributed by atoms with Crippen LogP contribution in [0, 0.1) is 0 Å². The number of imidazole rings is 1. The maximum Gasteiger partial charge on any atom is 0.416 e. The predicted molar refractivity (Wildman–Crippen MR) is 179 cm³/mol. The van der Waals surface area contributed by atoms with Gasteiger partial charge < -0.3 is 4.42 Å². The molecular weight excluding hydrogens is 581 g/mol. The molecule has 46 heavy (non-hydrogen) atoms. The lowest BCUT2D eigenvalue weighted by Crippen LogP contribution is -2.05. The summed E-state index contributed by atoms with van der Waals surface area (Å²) in [6.07, 6.45) is 1.78. The fourth-order valence-electron chi connectivity index (χ4n) is 6.95. The molecule has 0 aliphatic heterocycles. The molecule has 222 valence electrons. The van der Waals surface area contributed by atoms with E-state index in [1.807, 2.05) is 41.0 Å². The lowest BCUT2D eigenvalue weighted by molar-refractivity contribution is -0.137. The van der Waals surface area contributed by atoms with Gasteiger partial charge in [-0.3, -0.25) is 4.57 Å². The first-order valence-electron chi connectivity index (χ1n) is 15.3. The van der Waals surface area contributed by atoms with Crippen LogP contribution >= 0.6 is 0 Å². The van der Waals surface area contributed by atoms with E-state index in [1.165, 1.54) is 12.1 Å². The summed E-state index contributed by atoms with van der Waals surface area (Å²) in [6.45, 7) is 0. The van der Waals surface area contributed by atoms with Gasteiger partial charge in [0, 0.05) is 45.0 Å². The molecule has 0 spiro atoms. The molecule has 2 heterocycles. The van der Waals surface area contributed by atoms with Crippen molar-refractivity contribution in [1.29, 1.82) is 0 Å². The Kier molecular flexibility index (Phi) is 5.78. The maximum atomic E-state index is 13.6. The molecule has 6 heteroatoms. The van der Waals surface area contributed by atoms with E-state index in [9.17, 15) is 13.2 Å². The Hall–Kier alpha value is -5.62. The average Bonchev–Trinajstić information content (AvgIpc) is 3.68. The van der Waals surface area contributed by atoms with Crippen molar-refractivity contribution in [1.82, 2.24) is 9.55 Å². The van der Waals surface area contributed by atoms with Gasteiger partial charge in [-0.2, -0.15) is 13.2 Å². The van der Waals surface area contributed by atoms with Crippen LogP contribution < -0.4 is 0 Å². The number of rotatable bonds is 3. The zero-order chi connectivity index (χ0) is 31.0. The van der Waals surface area contributed by atoms with E-state index in [0.29, 0.717) is 11.5 Å². The Balaban J connectivity index is 1.27. The van der Waals surface area contributed by atoms with Gasteiger partial charge >= 0.3 is 6.18 Å². The van der Waals surface area contributed by atoms with Gasteiger partial charge in [-0.05, 0) is 47.0 Å². The van der Waals surface area contributed by atoms with Crippen LogP contribution in [-0.2, 0) is 12.6 Å². The van der Waals surface area contributed by atoms with Crippen molar-refractivity contribution in [2.24, 2.45) is 0 Å². The van der Waals surface area contributed by atoms with Crippen LogP contribution in [0.4, 0.5) is 13.2 Å². The van der Waals surface area contributed by atoms with Crippen LogP contribution in [0.2, 0.25) is 0 Å². The Morgan fingerprint density at radius 2 is 1.30 bits per heavy atom. The molecule has 0 atom stereocenters. The van der Waals surface area contributed by atoms with Gasteiger partial charge in [0.1, 0.15) is 17.2 Å². The van der Waals surface area contributed by atoms with E-state index in [2.05, 4.69) is 66.7 Å². The zero-order valence-corrected chi connectivity index (χ0v) is 24.5. The first kappa shape index (κ1) is 26.8. The fourth-order valence-corrected chi connectivity index (χ4v) is 6.95. The highest BCUT2D eigenvalue weighted by Gasteiger charge is 2.30. The van der Waals surface area contributed by atoms with Crippen LogP contribution in [0.3, 0.4) is 0 Å². The minimum atomic E-state index is -4.43. The fraction of sp³-hybridized carbons (Fsp3) is 0.0750. The molecule has 6 aromatic carbocycles. The van der Waals surface area contributed by atoms with Gasteiger partial charge in [0.25, 0.3) is 0 Å². The molecule has 9 rings (SSSR count). The van der Waals surface area contributed by atoms with Crippen LogP contribution in [0.15, 0.2) is 126 Å². The third-order valence-corrected chi connectivity index (χ3v) is 9.09. The number of allylic oxidation sites excluding steroid dienone is 1. The molecule has 2 aromatic heterocycles. The summed E-state index contributed by atoms with van der Waals surface area (Å²) >= 11 is 0. The monoisotopic (exact) mass is 606 g/mol. The number of benzene rings is 6. The number of hydrogen-bond donors (Lipinski definition) is 0. The smallest absolute Gasteiger partial charge is 0.416 e. The predicted octanol–water partition coefficient (Wildman–Crippen LogP) is 11.4. The number of aromatic nitrogens is 2. The number of furan rings is 1. The lowest BCUT2D eigenvalue weighted by Gasteiger charge is -2.14. The van der Waals surface area contributed by atoms with Gasteiger partial charge in [0.05, 0.1) is 16.6 Å². The number of hydrogen-bond acceptors (Lipinski definition) is 2. The minimum absolute atomic E-state index is 0.606. The molecule has 0 radical (unpaired) electrons. The Bertz CT molecular complexity index is 2500. The standard InChI is InChI=1S/C40H25F3N2O/c41-40(42,43)26-20-22-27(23-21-26)45-37-33-12-4-2-9-30(33)29-8-1-3-11-32(29)36(37)44-39(45)25-18-16-24(17-19-25)28-13-7-14-34-31-10-5-6-15-35(31)46-38(28)34/h1-5,7-14,16-23H,6,15H2. The highest BCUT2D eigenvalue weighted by molar-refractivity contribution is 6.24. The summed E-state index contributed by atoms with van der Waals surface area (Å²) < 4.78 is 49.0. The molecule has 0 N–H and O–H groups in total. The number of nitrogens with zero attached hydrogens (tertiary/aromatic N) is 2.